The molecule has 0 bridgehead atoms. The first-order chi connectivity index (χ1) is 9.33. The lowest BCUT2D eigenvalue weighted by Crippen LogP contribution is -2.30. The summed E-state index contributed by atoms with van der Waals surface area (Å²) in [6, 6.07) is 12.9. The van der Waals surface area contributed by atoms with Crippen molar-refractivity contribution in [1.82, 2.24) is 10.2 Å². The van der Waals surface area contributed by atoms with Crippen molar-refractivity contribution in [3.8, 4) is 0 Å². The summed E-state index contributed by atoms with van der Waals surface area (Å²) in [6.07, 6.45) is 1.73. The third-order valence-electron chi connectivity index (χ3n) is 3.75. The lowest BCUT2D eigenvalue weighted by atomic mass is 10.1. The minimum Gasteiger partial charge on any atom is -0.468 e. The number of benzene rings is 1. The molecular formula is C16H20N2O. The van der Waals surface area contributed by atoms with E-state index in [4.69, 9.17) is 4.42 Å². The highest BCUT2D eigenvalue weighted by Gasteiger charge is 2.17. The van der Waals surface area contributed by atoms with Crippen molar-refractivity contribution in [2.24, 2.45) is 0 Å². The van der Waals surface area contributed by atoms with Crippen LogP contribution in [0.3, 0.4) is 0 Å². The monoisotopic (exact) mass is 256 g/mol. The van der Waals surface area contributed by atoms with Crippen LogP contribution >= 0.6 is 0 Å². The van der Waals surface area contributed by atoms with Gasteiger partial charge in [0.1, 0.15) is 5.76 Å². The summed E-state index contributed by atoms with van der Waals surface area (Å²) >= 11 is 0. The van der Waals surface area contributed by atoms with Gasteiger partial charge in [0.05, 0.1) is 12.3 Å². The van der Waals surface area contributed by atoms with Crippen molar-refractivity contribution in [2.45, 2.75) is 26.1 Å². The molecule has 1 aliphatic rings. The molecule has 1 unspecified atom stereocenters. The zero-order valence-corrected chi connectivity index (χ0v) is 11.3. The van der Waals surface area contributed by atoms with Crippen molar-refractivity contribution >= 4 is 0 Å². The van der Waals surface area contributed by atoms with Gasteiger partial charge in [0.2, 0.25) is 0 Å². The van der Waals surface area contributed by atoms with Crippen molar-refractivity contribution in [1.29, 1.82) is 0 Å². The summed E-state index contributed by atoms with van der Waals surface area (Å²) in [6.45, 7) is 6.34. The predicted octanol–water partition coefficient (Wildman–Crippen LogP) is 2.95. The number of nitrogens with one attached hydrogen (secondary N) is 1. The zero-order chi connectivity index (χ0) is 13.1. The van der Waals surface area contributed by atoms with Crippen LogP contribution in [0.15, 0.2) is 47.1 Å². The van der Waals surface area contributed by atoms with Gasteiger partial charge < -0.3 is 9.73 Å². The van der Waals surface area contributed by atoms with Crippen molar-refractivity contribution in [3.63, 3.8) is 0 Å². The van der Waals surface area contributed by atoms with Gasteiger partial charge >= 0.3 is 0 Å². The Morgan fingerprint density at radius 2 is 1.89 bits per heavy atom. The molecule has 3 heteroatoms. The van der Waals surface area contributed by atoms with Crippen molar-refractivity contribution in [3.05, 3.63) is 59.5 Å². The van der Waals surface area contributed by atoms with E-state index in [1.54, 1.807) is 6.26 Å². The van der Waals surface area contributed by atoms with E-state index in [0.717, 1.165) is 31.9 Å². The second-order valence-corrected chi connectivity index (χ2v) is 5.17. The lowest BCUT2D eigenvalue weighted by Gasteiger charge is -2.17. The normalized spacial score (nSPS) is 16.5. The van der Waals surface area contributed by atoms with Gasteiger partial charge in [0, 0.05) is 26.2 Å². The zero-order valence-electron chi connectivity index (χ0n) is 11.3. The van der Waals surface area contributed by atoms with E-state index < -0.39 is 0 Å². The molecule has 0 spiro atoms. The Bertz CT molecular complexity index is 496. The molecule has 1 aromatic heterocycles. The highest BCUT2D eigenvalue weighted by molar-refractivity contribution is 5.30. The topological polar surface area (TPSA) is 28.4 Å². The van der Waals surface area contributed by atoms with Gasteiger partial charge in [-0.3, -0.25) is 4.90 Å². The summed E-state index contributed by atoms with van der Waals surface area (Å²) in [5, 5.41) is 3.50. The van der Waals surface area contributed by atoms with Gasteiger partial charge in [0.15, 0.2) is 0 Å². The van der Waals surface area contributed by atoms with Crippen LogP contribution < -0.4 is 5.32 Å². The van der Waals surface area contributed by atoms with Crippen LogP contribution in [0.2, 0.25) is 0 Å². The molecule has 3 rings (SSSR count). The average Bonchev–Trinajstić information content (AvgIpc) is 3.07. The number of hydrogen-bond acceptors (Lipinski definition) is 3. The van der Waals surface area contributed by atoms with Crippen LogP contribution in [0.25, 0.3) is 0 Å². The van der Waals surface area contributed by atoms with Crippen LogP contribution in [0, 0.1) is 0 Å². The molecule has 0 fully saturated rings. The summed E-state index contributed by atoms with van der Waals surface area (Å²) in [7, 11) is 0. The number of rotatable bonds is 5. The Morgan fingerprint density at radius 3 is 2.53 bits per heavy atom. The molecule has 2 heterocycles. The van der Waals surface area contributed by atoms with E-state index in [-0.39, 0.29) is 6.04 Å². The summed E-state index contributed by atoms with van der Waals surface area (Å²) < 4.78 is 5.39. The first-order valence-corrected chi connectivity index (χ1v) is 6.89. The quantitative estimate of drug-likeness (QED) is 0.891. The second-order valence-electron chi connectivity index (χ2n) is 5.17. The SMILES string of the molecule is CC(NCCN1Cc2ccccc2C1)c1ccco1. The molecule has 0 amide bonds. The fourth-order valence-electron chi connectivity index (χ4n) is 2.64. The Hall–Kier alpha value is -1.58. The van der Waals surface area contributed by atoms with Crippen LogP contribution in [0.5, 0.6) is 0 Å². The average molecular weight is 256 g/mol. The van der Waals surface area contributed by atoms with E-state index >= 15 is 0 Å². The molecule has 1 aliphatic heterocycles. The van der Waals surface area contributed by atoms with E-state index in [0.29, 0.717) is 0 Å². The second kappa shape index (κ2) is 5.59. The molecule has 0 saturated heterocycles. The fourth-order valence-corrected chi connectivity index (χ4v) is 2.64. The minimum atomic E-state index is 0.278. The van der Waals surface area contributed by atoms with E-state index in [1.807, 2.05) is 12.1 Å². The molecule has 1 aromatic carbocycles. The van der Waals surface area contributed by atoms with Gasteiger partial charge in [0.25, 0.3) is 0 Å². The highest BCUT2D eigenvalue weighted by atomic mass is 16.3. The predicted molar refractivity (Wildman–Crippen MR) is 75.7 cm³/mol. The molecular weight excluding hydrogens is 236 g/mol. The molecule has 2 aromatic rings. The first kappa shape index (κ1) is 12.5. The molecule has 0 aliphatic carbocycles. The van der Waals surface area contributed by atoms with Crippen molar-refractivity contribution in [2.75, 3.05) is 13.1 Å². The molecule has 1 atom stereocenters. The summed E-state index contributed by atoms with van der Waals surface area (Å²) in [5.41, 5.74) is 2.95. The maximum absolute atomic E-state index is 5.39. The third-order valence-corrected chi connectivity index (χ3v) is 3.75. The van der Waals surface area contributed by atoms with Crippen LogP contribution in [0.4, 0.5) is 0 Å². The van der Waals surface area contributed by atoms with Crippen LogP contribution in [-0.2, 0) is 13.1 Å². The van der Waals surface area contributed by atoms with Gasteiger partial charge in [-0.15, -0.1) is 0 Å². The summed E-state index contributed by atoms with van der Waals surface area (Å²) in [4.78, 5) is 2.48. The molecule has 0 radical (unpaired) electrons. The van der Waals surface area contributed by atoms with E-state index in [9.17, 15) is 0 Å². The Balaban J connectivity index is 1.45. The van der Waals surface area contributed by atoms with Crippen LogP contribution in [0.1, 0.15) is 29.9 Å². The number of nitrogens with zero attached hydrogens (tertiary/aromatic N) is 1. The fraction of sp³-hybridized carbons (Fsp3) is 0.375. The molecule has 1 N–H and O–H groups in total. The highest BCUT2D eigenvalue weighted by Crippen LogP contribution is 2.21. The Morgan fingerprint density at radius 1 is 1.16 bits per heavy atom. The smallest absolute Gasteiger partial charge is 0.120 e. The maximum atomic E-state index is 5.39. The first-order valence-electron chi connectivity index (χ1n) is 6.89. The van der Waals surface area contributed by atoms with Gasteiger partial charge in [-0.25, -0.2) is 0 Å². The van der Waals surface area contributed by atoms with E-state index in [2.05, 4.69) is 41.4 Å². The maximum Gasteiger partial charge on any atom is 0.120 e. The Kier molecular flexibility index (Phi) is 3.67. The molecule has 3 nitrogen and oxygen atoms in total. The largest absolute Gasteiger partial charge is 0.468 e. The lowest BCUT2D eigenvalue weighted by molar-refractivity contribution is 0.276. The molecule has 100 valence electrons. The van der Waals surface area contributed by atoms with Gasteiger partial charge in [-0.05, 0) is 30.2 Å². The third kappa shape index (κ3) is 2.88. The Labute approximate surface area is 114 Å². The number of hydrogen-bond donors (Lipinski definition) is 1. The van der Waals surface area contributed by atoms with Crippen molar-refractivity contribution < 1.29 is 4.42 Å². The molecule has 0 saturated carbocycles. The number of fused-ring (bicyclic) bond motifs is 1. The molecule has 19 heavy (non-hydrogen) atoms. The van der Waals surface area contributed by atoms with Crippen LogP contribution in [-0.4, -0.2) is 18.0 Å². The standard InChI is InChI=1S/C16H20N2O/c1-13(16-7-4-10-19-16)17-8-9-18-11-14-5-2-3-6-15(14)12-18/h2-7,10,13,17H,8-9,11-12H2,1H3. The van der Waals surface area contributed by atoms with E-state index in [1.165, 1.54) is 11.1 Å². The number of furan rings is 1. The summed E-state index contributed by atoms with van der Waals surface area (Å²) in [5.74, 6) is 1.00. The van der Waals surface area contributed by atoms with Gasteiger partial charge in [-0.1, -0.05) is 24.3 Å². The van der Waals surface area contributed by atoms with Gasteiger partial charge in [-0.2, -0.15) is 0 Å². The minimum absolute atomic E-state index is 0.278.